The summed E-state index contributed by atoms with van der Waals surface area (Å²) in [6.45, 7) is -0.647. The summed E-state index contributed by atoms with van der Waals surface area (Å²) in [5.74, 6) is -1.78. The predicted octanol–water partition coefficient (Wildman–Crippen LogP) is -2.60. The Morgan fingerprint density at radius 3 is 1.96 bits per heavy atom. The van der Waals surface area contributed by atoms with Crippen LogP contribution in [0, 0.1) is 0 Å². The molecule has 1 aliphatic heterocycles. The van der Waals surface area contributed by atoms with Crippen molar-refractivity contribution in [3.05, 3.63) is 34.9 Å². The molecule has 1 fully saturated rings. The lowest BCUT2D eigenvalue weighted by Crippen LogP contribution is -2.55. The van der Waals surface area contributed by atoms with Crippen molar-refractivity contribution in [1.82, 2.24) is 0 Å². The summed E-state index contributed by atoms with van der Waals surface area (Å²) in [5, 5.41) is 39.1. The monoisotopic (exact) mass is 326 g/mol. The molecule has 8 N–H and O–H groups in total. The van der Waals surface area contributed by atoms with Crippen LogP contribution in [0.15, 0.2) is 18.2 Å². The number of amides is 2. The van der Waals surface area contributed by atoms with E-state index in [2.05, 4.69) is 0 Å². The number of nitrogens with two attached hydrogens (primary N) is 2. The molecule has 1 aromatic carbocycles. The number of carbonyl (C=O) groups is 2. The van der Waals surface area contributed by atoms with Gasteiger partial charge in [-0.3, -0.25) is 9.59 Å². The van der Waals surface area contributed by atoms with Crippen molar-refractivity contribution in [3.63, 3.8) is 0 Å². The molecule has 2 rings (SSSR count). The zero-order chi connectivity index (χ0) is 17.3. The number of carbonyl (C=O) groups excluding carboxylic acids is 2. The Labute approximate surface area is 131 Å². The van der Waals surface area contributed by atoms with Gasteiger partial charge in [-0.1, -0.05) is 6.07 Å². The first-order chi connectivity index (χ1) is 10.8. The molecule has 0 radical (unpaired) electrons. The molecule has 1 aliphatic rings. The molecule has 1 saturated heterocycles. The number of aliphatic hydroxyl groups excluding tert-OH is 4. The summed E-state index contributed by atoms with van der Waals surface area (Å²) in [4.78, 5) is 23.2. The number of hydrogen-bond acceptors (Lipinski definition) is 7. The first-order valence-corrected chi connectivity index (χ1v) is 6.82. The topological polar surface area (TPSA) is 176 Å². The largest absolute Gasteiger partial charge is 0.394 e. The lowest BCUT2D eigenvalue weighted by molar-refractivity contribution is -0.231. The van der Waals surface area contributed by atoms with E-state index in [0.29, 0.717) is 0 Å². The second-order valence-electron chi connectivity index (χ2n) is 5.24. The van der Waals surface area contributed by atoms with Crippen LogP contribution >= 0.6 is 0 Å². The first-order valence-electron chi connectivity index (χ1n) is 6.82. The van der Waals surface area contributed by atoms with Crippen LogP contribution in [-0.4, -0.2) is 63.3 Å². The van der Waals surface area contributed by atoms with Gasteiger partial charge in [-0.15, -0.1) is 0 Å². The molecule has 1 heterocycles. The van der Waals surface area contributed by atoms with E-state index in [1.165, 1.54) is 18.2 Å². The van der Waals surface area contributed by atoms with Crippen LogP contribution in [0.1, 0.15) is 32.4 Å². The highest BCUT2D eigenvalue weighted by molar-refractivity contribution is 6.01. The zero-order valence-electron chi connectivity index (χ0n) is 12.0. The van der Waals surface area contributed by atoms with Crippen LogP contribution in [0.4, 0.5) is 0 Å². The van der Waals surface area contributed by atoms with Gasteiger partial charge in [0, 0.05) is 16.7 Å². The second-order valence-corrected chi connectivity index (χ2v) is 5.24. The molecule has 0 aliphatic carbocycles. The summed E-state index contributed by atoms with van der Waals surface area (Å²) in [7, 11) is 0. The molecule has 23 heavy (non-hydrogen) atoms. The lowest BCUT2D eigenvalue weighted by atomic mass is 9.86. The highest BCUT2D eigenvalue weighted by Crippen LogP contribution is 2.35. The van der Waals surface area contributed by atoms with Gasteiger partial charge in [0.1, 0.15) is 30.5 Å². The highest BCUT2D eigenvalue weighted by atomic mass is 16.5. The third-order valence-electron chi connectivity index (χ3n) is 3.81. The molecule has 0 saturated carbocycles. The van der Waals surface area contributed by atoms with Crippen LogP contribution in [0.3, 0.4) is 0 Å². The average molecular weight is 326 g/mol. The lowest BCUT2D eigenvalue weighted by Gasteiger charge is -2.41. The Bertz CT molecular complexity index is 587. The Balaban J connectivity index is 2.59. The van der Waals surface area contributed by atoms with E-state index in [1.54, 1.807) is 0 Å². The van der Waals surface area contributed by atoms with E-state index in [-0.39, 0.29) is 16.7 Å². The van der Waals surface area contributed by atoms with Crippen LogP contribution < -0.4 is 11.5 Å². The Hall–Kier alpha value is -2.04. The number of benzene rings is 1. The number of aliphatic hydroxyl groups is 4. The Morgan fingerprint density at radius 1 is 1.00 bits per heavy atom. The van der Waals surface area contributed by atoms with E-state index in [0.717, 1.165) is 0 Å². The van der Waals surface area contributed by atoms with Crippen LogP contribution in [0.5, 0.6) is 0 Å². The number of hydrogen-bond donors (Lipinski definition) is 6. The third kappa shape index (κ3) is 3.05. The van der Waals surface area contributed by atoms with E-state index in [1.807, 2.05) is 0 Å². The quantitative estimate of drug-likeness (QED) is 0.351. The number of rotatable bonds is 4. The normalized spacial score (nSPS) is 30.9. The van der Waals surface area contributed by atoms with Gasteiger partial charge >= 0.3 is 0 Å². The summed E-state index contributed by atoms with van der Waals surface area (Å²) in [6, 6.07) is 4.00. The second kappa shape index (κ2) is 6.60. The maximum absolute atomic E-state index is 11.6. The summed E-state index contributed by atoms with van der Waals surface area (Å²) < 4.78 is 5.37. The van der Waals surface area contributed by atoms with Crippen molar-refractivity contribution in [2.75, 3.05) is 6.61 Å². The SMILES string of the molecule is NC(=O)c1cccc(C(N)=O)c1C1O[C@H](CO)[C@@H](O)[C@H](O)[C@H]1O. The highest BCUT2D eigenvalue weighted by Gasteiger charge is 2.45. The van der Waals surface area contributed by atoms with Crippen molar-refractivity contribution in [2.24, 2.45) is 11.5 Å². The van der Waals surface area contributed by atoms with Gasteiger partial charge in [0.25, 0.3) is 0 Å². The number of primary amides is 2. The minimum Gasteiger partial charge on any atom is -0.394 e. The van der Waals surface area contributed by atoms with E-state index >= 15 is 0 Å². The Kier molecular flexibility index (Phi) is 4.97. The first kappa shape index (κ1) is 17.3. The maximum Gasteiger partial charge on any atom is 0.249 e. The predicted molar refractivity (Wildman–Crippen MR) is 76.2 cm³/mol. The molecule has 2 amide bonds. The maximum atomic E-state index is 11.6. The van der Waals surface area contributed by atoms with Gasteiger partial charge in [0.05, 0.1) is 6.61 Å². The third-order valence-corrected chi connectivity index (χ3v) is 3.81. The van der Waals surface area contributed by atoms with Gasteiger partial charge in [0.2, 0.25) is 11.8 Å². The standard InChI is InChI=1S/C14H18N2O7/c15-13(21)5-2-1-3-6(14(16)22)8(5)12-11(20)10(19)9(18)7(4-17)23-12/h1-3,7,9-12,17-20H,4H2,(H2,15,21)(H2,16,22)/t7-,9-,10+,11-,12?/m1/s1. The molecular weight excluding hydrogens is 308 g/mol. The average Bonchev–Trinajstić information content (AvgIpc) is 2.52. The van der Waals surface area contributed by atoms with Gasteiger partial charge in [0.15, 0.2) is 0 Å². The summed E-state index contributed by atoms with van der Waals surface area (Å²) in [5.41, 5.74) is 10.2. The van der Waals surface area contributed by atoms with Crippen LogP contribution in [-0.2, 0) is 4.74 Å². The molecule has 1 unspecified atom stereocenters. The minimum absolute atomic E-state index is 0.0931. The van der Waals surface area contributed by atoms with Crippen molar-refractivity contribution < 1.29 is 34.8 Å². The molecule has 0 bridgehead atoms. The van der Waals surface area contributed by atoms with E-state index in [4.69, 9.17) is 16.2 Å². The van der Waals surface area contributed by atoms with Crippen molar-refractivity contribution in [1.29, 1.82) is 0 Å². The fourth-order valence-electron chi connectivity index (χ4n) is 2.64. The fraction of sp³-hybridized carbons (Fsp3) is 0.429. The van der Waals surface area contributed by atoms with Gasteiger partial charge < -0.3 is 36.6 Å². The molecular formula is C14H18N2O7. The molecule has 0 spiro atoms. The summed E-state index contributed by atoms with van der Waals surface area (Å²) in [6.07, 6.45) is -7.46. The van der Waals surface area contributed by atoms with Crippen molar-refractivity contribution >= 4 is 11.8 Å². The molecule has 1 aromatic rings. The van der Waals surface area contributed by atoms with Crippen LogP contribution in [0.2, 0.25) is 0 Å². The smallest absolute Gasteiger partial charge is 0.249 e. The van der Waals surface area contributed by atoms with Gasteiger partial charge in [-0.25, -0.2) is 0 Å². The minimum atomic E-state index is -1.66. The Morgan fingerprint density at radius 2 is 1.52 bits per heavy atom. The molecule has 9 heteroatoms. The molecule has 9 nitrogen and oxygen atoms in total. The van der Waals surface area contributed by atoms with Gasteiger partial charge in [-0.05, 0) is 12.1 Å². The molecule has 0 aromatic heterocycles. The zero-order valence-corrected chi connectivity index (χ0v) is 12.0. The van der Waals surface area contributed by atoms with Crippen molar-refractivity contribution in [3.8, 4) is 0 Å². The van der Waals surface area contributed by atoms with E-state index in [9.17, 15) is 30.0 Å². The number of ether oxygens (including phenoxy) is 1. The summed E-state index contributed by atoms with van der Waals surface area (Å²) >= 11 is 0. The molecule has 5 atom stereocenters. The van der Waals surface area contributed by atoms with E-state index < -0.39 is 48.9 Å². The van der Waals surface area contributed by atoms with Crippen LogP contribution in [0.25, 0.3) is 0 Å². The fourth-order valence-corrected chi connectivity index (χ4v) is 2.64. The molecule has 126 valence electrons. The van der Waals surface area contributed by atoms with Crippen molar-refractivity contribution in [2.45, 2.75) is 30.5 Å². The van der Waals surface area contributed by atoms with Gasteiger partial charge in [-0.2, -0.15) is 0 Å².